The van der Waals surface area contributed by atoms with Gasteiger partial charge in [-0.25, -0.2) is 14.6 Å². The number of amides is 2. The molecule has 2 N–H and O–H groups in total. The van der Waals surface area contributed by atoms with E-state index in [9.17, 15) is 9.59 Å². The number of carbonyl (C=O) groups excluding carboxylic acids is 1. The lowest BCUT2D eigenvalue weighted by Gasteiger charge is -2.20. The van der Waals surface area contributed by atoms with E-state index in [2.05, 4.69) is 10.3 Å². The van der Waals surface area contributed by atoms with Crippen LogP contribution in [0.25, 0.3) is 0 Å². The number of nitrogens with one attached hydrogen (secondary N) is 1. The number of pyridine rings is 1. The van der Waals surface area contributed by atoms with Crippen molar-refractivity contribution in [3.8, 4) is 0 Å². The molecule has 0 unspecified atom stereocenters. The van der Waals surface area contributed by atoms with E-state index in [0.717, 1.165) is 6.54 Å². The number of aromatic carboxylic acids is 1. The zero-order valence-corrected chi connectivity index (χ0v) is 11.3. The van der Waals surface area contributed by atoms with Crippen LogP contribution in [-0.4, -0.2) is 66.1 Å². The summed E-state index contributed by atoms with van der Waals surface area (Å²) in [5.41, 5.74) is 0.0218. The molecule has 0 saturated carbocycles. The summed E-state index contributed by atoms with van der Waals surface area (Å²) in [6.45, 7) is 1.27. The van der Waals surface area contributed by atoms with E-state index in [1.54, 1.807) is 13.1 Å². The zero-order valence-electron chi connectivity index (χ0n) is 11.3. The molecule has 0 aliphatic rings. The second-order valence-electron chi connectivity index (χ2n) is 4.36. The molecule has 0 aromatic carbocycles. The number of aromatic nitrogens is 1. The van der Waals surface area contributed by atoms with Crippen LogP contribution in [0.1, 0.15) is 10.5 Å². The van der Waals surface area contributed by atoms with Gasteiger partial charge < -0.3 is 20.2 Å². The number of urea groups is 1. The Morgan fingerprint density at radius 3 is 2.58 bits per heavy atom. The minimum absolute atomic E-state index is 0.170. The molecule has 7 heteroatoms. The maximum absolute atomic E-state index is 11.9. The largest absolute Gasteiger partial charge is 0.476 e. The average molecular weight is 266 g/mol. The van der Waals surface area contributed by atoms with Gasteiger partial charge in [0.25, 0.3) is 0 Å². The van der Waals surface area contributed by atoms with Gasteiger partial charge in [0.15, 0.2) is 5.69 Å². The number of carbonyl (C=O) groups is 2. The summed E-state index contributed by atoms with van der Waals surface area (Å²) in [6.07, 6.45) is 1.37. The van der Waals surface area contributed by atoms with Crippen LogP contribution in [0.2, 0.25) is 0 Å². The first-order valence-corrected chi connectivity index (χ1v) is 5.77. The van der Waals surface area contributed by atoms with Gasteiger partial charge in [0.05, 0.1) is 5.69 Å². The number of carboxylic acid groups (broad SMARTS) is 1. The van der Waals surface area contributed by atoms with E-state index in [1.165, 1.54) is 17.2 Å². The number of hydrogen-bond donors (Lipinski definition) is 2. The fraction of sp³-hybridized carbons (Fsp3) is 0.417. The number of anilines is 1. The van der Waals surface area contributed by atoms with Crippen molar-refractivity contribution >= 4 is 17.7 Å². The van der Waals surface area contributed by atoms with E-state index < -0.39 is 5.97 Å². The number of hydrogen-bond acceptors (Lipinski definition) is 4. The molecular weight excluding hydrogens is 248 g/mol. The lowest BCUT2D eigenvalue weighted by molar-refractivity contribution is 0.0691. The normalized spacial score (nSPS) is 10.3. The number of rotatable bonds is 5. The first-order chi connectivity index (χ1) is 8.91. The highest BCUT2D eigenvalue weighted by molar-refractivity contribution is 5.98. The van der Waals surface area contributed by atoms with Gasteiger partial charge in [0, 0.05) is 26.3 Å². The van der Waals surface area contributed by atoms with Crippen molar-refractivity contribution < 1.29 is 14.7 Å². The molecule has 1 aromatic rings. The molecule has 104 valence electrons. The zero-order chi connectivity index (χ0) is 14.4. The first-order valence-electron chi connectivity index (χ1n) is 5.77. The Morgan fingerprint density at radius 2 is 2.00 bits per heavy atom. The van der Waals surface area contributed by atoms with Gasteiger partial charge in [-0.3, -0.25) is 0 Å². The quantitative estimate of drug-likeness (QED) is 0.823. The van der Waals surface area contributed by atoms with Crippen LogP contribution in [0.3, 0.4) is 0 Å². The molecular formula is C12H18N4O3. The fourth-order valence-electron chi connectivity index (χ4n) is 1.34. The summed E-state index contributed by atoms with van der Waals surface area (Å²) >= 11 is 0. The van der Waals surface area contributed by atoms with Gasteiger partial charge in [-0.15, -0.1) is 0 Å². The van der Waals surface area contributed by atoms with Crippen LogP contribution < -0.4 is 5.32 Å². The third-order valence-electron chi connectivity index (χ3n) is 2.48. The Balaban J connectivity index is 2.69. The minimum atomic E-state index is -1.17. The Kier molecular flexibility index (Phi) is 5.25. The summed E-state index contributed by atoms with van der Waals surface area (Å²) in [6, 6.07) is 2.72. The second kappa shape index (κ2) is 6.69. The highest BCUT2D eigenvalue weighted by Crippen LogP contribution is 2.12. The minimum Gasteiger partial charge on any atom is -0.476 e. The van der Waals surface area contributed by atoms with E-state index in [4.69, 9.17) is 5.11 Å². The molecule has 0 bridgehead atoms. The molecule has 0 spiro atoms. The molecule has 0 aliphatic carbocycles. The van der Waals surface area contributed by atoms with E-state index in [0.29, 0.717) is 6.54 Å². The van der Waals surface area contributed by atoms with Crippen LogP contribution in [0, 0.1) is 0 Å². The molecule has 1 aromatic heterocycles. The molecule has 1 rings (SSSR count). The van der Waals surface area contributed by atoms with Crippen LogP contribution in [0.15, 0.2) is 18.3 Å². The van der Waals surface area contributed by atoms with Gasteiger partial charge in [-0.2, -0.15) is 0 Å². The SMILES string of the molecule is CN(C)CCN(C)C(=O)Nc1cccnc1C(=O)O. The fourth-order valence-corrected chi connectivity index (χ4v) is 1.34. The van der Waals surface area contributed by atoms with Crippen molar-refractivity contribution in [1.82, 2.24) is 14.8 Å². The molecule has 0 atom stereocenters. The summed E-state index contributed by atoms with van der Waals surface area (Å²) < 4.78 is 0. The van der Waals surface area contributed by atoms with Crippen molar-refractivity contribution in [3.63, 3.8) is 0 Å². The maximum Gasteiger partial charge on any atom is 0.356 e. The topological polar surface area (TPSA) is 85.8 Å². The lowest BCUT2D eigenvalue weighted by atomic mass is 10.3. The first kappa shape index (κ1) is 14.9. The molecule has 0 fully saturated rings. The van der Waals surface area contributed by atoms with Gasteiger partial charge in [-0.1, -0.05) is 0 Å². The standard InChI is InChI=1S/C12H18N4O3/c1-15(2)7-8-16(3)12(19)14-9-5-4-6-13-10(9)11(17)18/h4-6H,7-8H2,1-3H3,(H,14,19)(H,17,18). The summed E-state index contributed by atoms with van der Waals surface area (Å²) in [7, 11) is 5.47. The monoisotopic (exact) mass is 266 g/mol. The smallest absolute Gasteiger partial charge is 0.356 e. The van der Waals surface area contributed by atoms with Gasteiger partial charge in [-0.05, 0) is 26.2 Å². The van der Waals surface area contributed by atoms with Crippen LogP contribution in [0.4, 0.5) is 10.5 Å². The van der Waals surface area contributed by atoms with E-state index in [1.807, 2.05) is 19.0 Å². The van der Waals surface area contributed by atoms with Crippen molar-refractivity contribution in [2.75, 3.05) is 39.5 Å². The molecule has 19 heavy (non-hydrogen) atoms. The summed E-state index contributed by atoms with van der Waals surface area (Å²) in [4.78, 5) is 30.0. The van der Waals surface area contributed by atoms with E-state index >= 15 is 0 Å². The van der Waals surface area contributed by atoms with Crippen LogP contribution >= 0.6 is 0 Å². The van der Waals surface area contributed by atoms with Crippen molar-refractivity contribution in [2.45, 2.75) is 0 Å². The van der Waals surface area contributed by atoms with Crippen molar-refractivity contribution in [3.05, 3.63) is 24.0 Å². The molecule has 0 radical (unpaired) electrons. The number of likely N-dealkylation sites (N-methyl/N-ethyl adjacent to an activating group) is 2. The molecule has 1 heterocycles. The predicted octanol–water partition coefficient (Wildman–Crippen LogP) is 0.805. The maximum atomic E-state index is 11.9. The van der Waals surface area contributed by atoms with Crippen molar-refractivity contribution in [1.29, 1.82) is 0 Å². The molecule has 0 saturated heterocycles. The summed E-state index contributed by atoms with van der Waals surface area (Å²) in [5, 5.41) is 11.5. The second-order valence-corrected chi connectivity index (χ2v) is 4.36. The van der Waals surface area contributed by atoms with Gasteiger partial charge in [0.1, 0.15) is 0 Å². The Labute approximate surface area is 111 Å². The third-order valence-corrected chi connectivity index (χ3v) is 2.48. The average Bonchev–Trinajstić information content (AvgIpc) is 2.36. The molecule has 0 aliphatic heterocycles. The number of nitrogens with zero attached hydrogens (tertiary/aromatic N) is 3. The van der Waals surface area contributed by atoms with Gasteiger partial charge in [0.2, 0.25) is 0 Å². The highest BCUT2D eigenvalue weighted by atomic mass is 16.4. The Hall–Kier alpha value is -2.15. The number of carboxylic acids is 1. The van der Waals surface area contributed by atoms with Crippen LogP contribution in [-0.2, 0) is 0 Å². The molecule has 2 amide bonds. The highest BCUT2D eigenvalue weighted by Gasteiger charge is 2.15. The van der Waals surface area contributed by atoms with E-state index in [-0.39, 0.29) is 17.4 Å². The van der Waals surface area contributed by atoms with Crippen LogP contribution in [0.5, 0.6) is 0 Å². The Morgan fingerprint density at radius 1 is 1.32 bits per heavy atom. The van der Waals surface area contributed by atoms with Gasteiger partial charge >= 0.3 is 12.0 Å². The lowest BCUT2D eigenvalue weighted by Crippen LogP contribution is -2.36. The summed E-state index contributed by atoms with van der Waals surface area (Å²) in [5.74, 6) is -1.17. The Bertz CT molecular complexity index is 462. The molecule has 7 nitrogen and oxygen atoms in total. The third kappa shape index (κ3) is 4.55. The van der Waals surface area contributed by atoms with Crippen molar-refractivity contribution in [2.24, 2.45) is 0 Å². The predicted molar refractivity (Wildman–Crippen MR) is 71.4 cm³/mol.